The van der Waals surface area contributed by atoms with Gasteiger partial charge in [0.2, 0.25) is 0 Å². The molecule has 0 radical (unpaired) electrons. The molecule has 0 spiro atoms. The average molecular weight is 306 g/mol. The van der Waals surface area contributed by atoms with Crippen LogP contribution >= 0.6 is 0 Å². The third kappa shape index (κ3) is 2.75. The predicted molar refractivity (Wildman–Crippen MR) is 92.2 cm³/mol. The fraction of sp³-hybridized carbons (Fsp3) is 0.158. The van der Waals surface area contributed by atoms with Crippen LogP contribution < -0.4 is 11.2 Å². The van der Waals surface area contributed by atoms with Crippen molar-refractivity contribution in [2.75, 3.05) is 0 Å². The van der Waals surface area contributed by atoms with E-state index in [-0.39, 0.29) is 5.56 Å². The molecule has 0 bridgehead atoms. The molecule has 23 heavy (non-hydrogen) atoms. The van der Waals surface area contributed by atoms with Gasteiger partial charge < -0.3 is 4.98 Å². The van der Waals surface area contributed by atoms with Gasteiger partial charge in [0.15, 0.2) is 0 Å². The van der Waals surface area contributed by atoms with Gasteiger partial charge >= 0.3 is 5.69 Å². The highest BCUT2D eigenvalue weighted by atomic mass is 16.2. The first kappa shape index (κ1) is 15.0. The first-order valence-electron chi connectivity index (χ1n) is 7.62. The van der Waals surface area contributed by atoms with Gasteiger partial charge in [-0.3, -0.25) is 4.79 Å². The van der Waals surface area contributed by atoms with E-state index < -0.39 is 5.69 Å². The molecule has 2 aromatic carbocycles. The Morgan fingerprint density at radius 3 is 2.22 bits per heavy atom. The van der Waals surface area contributed by atoms with E-state index in [1.807, 2.05) is 56.3 Å². The zero-order chi connectivity index (χ0) is 16.4. The summed E-state index contributed by atoms with van der Waals surface area (Å²) in [4.78, 5) is 28.2. The van der Waals surface area contributed by atoms with Crippen molar-refractivity contribution in [1.29, 1.82) is 0 Å². The molecule has 1 aromatic heterocycles. The molecule has 0 unspecified atom stereocenters. The minimum absolute atomic E-state index is 0.265. The minimum atomic E-state index is -0.421. The molecular weight excluding hydrogens is 288 g/mol. The van der Waals surface area contributed by atoms with Crippen molar-refractivity contribution >= 4 is 0 Å². The van der Waals surface area contributed by atoms with E-state index in [0.29, 0.717) is 23.4 Å². The van der Waals surface area contributed by atoms with E-state index in [1.54, 1.807) is 12.1 Å². The molecule has 0 aliphatic rings. The van der Waals surface area contributed by atoms with E-state index in [4.69, 9.17) is 0 Å². The monoisotopic (exact) mass is 306 g/mol. The summed E-state index contributed by atoms with van der Waals surface area (Å²) in [6.07, 6.45) is 0.547. The van der Waals surface area contributed by atoms with Crippen molar-refractivity contribution in [1.82, 2.24) is 9.55 Å². The van der Waals surface area contributed by atoms with Gasteiger partial charge in [-0.05, 0) is 31.0 Å². The lowest BCUT2D eigenvalue weighted by Gasteiger charge is -2.12. The second-order valence-corrected chi connectivity index (χ2v) is 5.48. The summed E-state index contributed by atoms with van der Waals surface area (Å²) in [5.41, 5.74) is 3.03. The SMILES string of the molecule is CCc1c(-c2ccccc2)[nH]c(=O)n(-c2ccc(C)cc2)c1=O. The van der Waals surface area contributed by atoms with E-state index >= 15 is 0 Å². The van der Waals surface area contributed by atoms with E-state index in [0.717, 1.165) is 11.1 Å². The molecule has 1 heterocycles. The zero-order valence-electron chi connectivity index (χ0n) is 13.2. The molecule has 1 N–H and O–H groups in total. The Morgan fingerprint density at radius 2 is 1.61 bits per heavy atom. The second kappa shape index (κ2) is 6.08. The maximum absolute atomic E-state index is 12.8. The number of nitrogens with one attached hydrogen (secondary N) is 1. The third-order valence-electron chi connectivity index (χ3n) is 3.91. The molecule has 0 saturated carbocycles. The minimum Gasteiger partial charge on any atom is -0.306 e. The Labute approximate surface area is 134 Å². The van der Waals surface area contributed by atoms with Crippen LogP contribution in [0, 0.1) is 6.92 Å². The lowest BCUT2D eigenvalue weighted by atomic mass is 10.1. The maximum atomic E-state index is 12.8. The van der Waals surface area contributed by atoms with Crippen LogP contribution in [0.1, 0.15) is 18.1 Å². The largest absolute Gasteiger partial charge is 0.333 e. The Balaban J connectivity index is 2.28. The highest BCUT2D eigenvalue weighted by molar-refractivity contribution is 5.62. The summed E-state index contributed by atoms with van der Waals surface area (Å²) in [7, 11) is 0. The van der Waals surface area contributed by atoms with Crippen LogP contribution in [0.3, 0.4) is 0 Å². The number of H-pyrrole nitrogens is 1. The number of nitrogens with zero attached hydrogens (tertiary/aromatic N) is 1. The van der Waals surface area contributed by atoms with Crippen LogP contribution in [-0.2, 0) is 6.42 Å². The second-order valence-electron chi connectivity index (χ2n) is 5.48. The number of hydrogen-bond acceptors (Lipinski definition) is 2. The fourth-order valence-electron chi connectivity index (χ4n) is 2.68. The predicted octanol–water partition coefficient (Wildman–Crippen LogP) is 3.06. The number of aromatic amines is 1. The van der Waals surface area contributed by atoms with Gasteiger partial charge in [0.25, 0.3) is 5.56 Å². The highest BCUT2D eigenvalue weighted by Gasteiger charge is 2.14. The Kier molecular flexibility index (Phi) is 3.98. The molecule has 0 atom stereocenters. The Hall–Kier alpha value is -2.88. The van der Waals surface area contributed by atoms with Gasteiger partial charge in [0.1, 0.15) is 0 Å². The molecule has 3 aromatic rings. The van der Waals surface area contributed by atoms with Crippen LogP contribution in [-0.4, -0.2) is 9.55 Å². The Morgan fingerprint density at radius 1 is 0.957 bits per heavy atom. The van der Waals surface area contributed by atoms with Gasteiger partial charge in [0.05, 0.1) is 11.4 Å². The van der Waals surface area contributed by atoms with Crippen molar-refractivity contribution < 1.29 is 0 Å². The summed E-state index contributed by atoms with van der Waals surface area (Å²) in [6, 6.07) is 16.8. The highest BCUT2D eigenvalue weighted by Crippen LogP contribution is 2.18. The van der Waals surface area contributed by atoms with E-state index in [1.165, 1.54) is 4.57 Å². The van der Waals surface area contributed by atoms with Crippen molar-refractivity contribution in [3.63, 3.8) is 0 Å². The van der Waals surface area contributed by atoms with Crippen LogP contribution in [0.15, 0.2) is 64.2 Å². The Bertz CT molecular complexity index is 936. The van der Waals surface area contributed by atoms with Crippen LogP contribution in [0.2, 0.25) is 0 Å². The molecule has 0 amide bonds. The molecule has 0 aliphatic carbocycles. The normalized spacial score (nSPS) is 10.7. The summed E-state index contributed by atoms with van der Waals surface area (Å²) in [5, 5.41) is 0. The quantitative estimate of drug-likeness (QED) is 0.808. The first-order chi connectivity index (χ1) is 11.1. The molecule has 0 fully saturated rings. The maximum Gasteiger partial charge on any atom is 0.333 e. The molecule has 0 saturated heterocycles. The van der Waals surface area contributed by atoms with Gasteiger partial charge in [-0.1, -0.05) is 55.0 Å². The van der Waals surface area contributed by atoms with Crippen molar-refractivity contribution in [2.45, 2.75) is 20.3 Å². The fourth-order valence-corrected chi connectivity index (χ4v) is 2.68. The molecule has 0 aliphatic heterocycles. The standard InChI is InChI=1S/C19H18N2O2/c1-3-16-17(14-7-5-4-6-8-14)20-19(23)21(18(16)22)15-11-9-13(2)10-12-15/h4-12H,3H2,1-2H3,(H,20,23). The summed E-state index contributed by atoms with van der Waals surface area (Å²) < 4.78 is 1.20. The molecule has 4 nitrogen and oxygen atoms in total. The van der Waals surface area contributed by atoms with Crippen LogP contribution in [0.25, 0.3) is 16.9 Å². The number of aromatic nitrogens is 2. The number of rotatable bonds is 3. The molecule has 3 rings (SSSR count). The molecular formula is C19H18N2O2. The number of hydrogen-bond donors (Lipinski definition) is 1. The number of benzene rings is 2. The molecule has 4 heteroatoms. The summed E-state index contributed by atoms with van der Waals surface area (Å²) in [6.45, 7) is 3.88. The van der Waals surface area contributed by atoms with Crippen molar-refractivity contribution in [3.8, 4) is 16.9 Å². The van der Waals surface area contributed by atoms with Crippen LogP contribution in [0.5, 0.6) is 0 Å². The average Bonchev–Trinajstić information content (AvgIpc) is 2.57. The van der Waals surface area contributed by atoms with Crippen LogP contribution in [0.4, 0.5) is 0 Å². The lowest BCUT2D eigenvalue weighted by molar-refractivity contribution is 0.846. The van der Waals surface area contributed by atoms with E-state index in [9.17, 15) is 9.59 Å². The first-order valence-corrected chi connectivity index (χ1v) is 7.62. The molecule has 116 valence electrons. The van der Waals surface area contributed by atoms with Gasteiger partial charge in [-0.2, -0.15) is 0 Å². The van der Waals surface area contributed by atoms with Gasteiger partial charge in [0, 0.05) is 5.56 Å². The third-order valence-corrected chi connectivity index (χ3v) is 3.91. The smallest absolute Gasteiger partial charge is 0.306 e. The lowest BCUT2D eigenvalue weighted by Crippen LogP contribution is -2.36. The van der Waals surface area contributed by atoms with E-state index in [2.05, 4.69) is 4.98 Å². The van der Waals surface area contributed by atoms with Crippen molar-refractivity contribution in [3.05, 3.63) is 86.6 Å². The topological polar surface area (TPSA) is 54.9 Å². The van der Waals surface area contributed by atoms with Crippen molar-refractivity contribution in [2.24, 2.45) is 0 Å². The summed E-state index contributed by atoms with van der Waals surface area (Å²) >= 11 is 0. The zero-order valence-corrected chi connectivity index (χ0v) is 13.2. The summed E-state index contributed by atoms with van der Waals surface area (Å²) in [5.74, 6) is 0. The van der Waals surface area contributed by atoms with Gasteiger partial charge in [-0.25, -0.2) is 9.36 Å². The number of aryl methyl sites for hydroxylation is 1. The van der Waals surface area contributed by atoms with Gasteiger partial charge in [-0.15, -0.1) is 0 Å².